The summed E-state index contributed by atoms with van der Waals surface area (Å²) in [5.74, 6) is 1.77. The van der Waals surface area contributed by atoms with Gasteiger partial charge in [-0.1, -0.05) is 0 Å². The van der Waals surface area contributed by atoms with Crippen molar-refractivity contribution in [1.29, 1.82) is 0 Å². The van der Waals surface area contributed by atoms with Gasteiger partial charge in [0, 0.05) is 6.54 Å². The van der Waals surface area contributed by atoms with Gasteiger partial charge in [-0.3, -0.25) is 11.3 Å². The number of hydrogen-bond acceptors (Lipinski definition) is 7. The monoisotopic (exact) mass is 197 g/mol. The second-order valence-electron chi connectivity index (χ2n) is 2.68. The zero-order chi connectivity index (χ0) is 11.1. The van der Waals surface area contributed by atoms with Gasteiger partial charge in [0.25, 0.3) is 0 Å². The lowest BCUT2D eigenvalue weighted by atomic mass is 10.0. The molecule has 0 saturated carbocycles. The Labute approximate surface area is 76.9 Å². The van der Waals surface area contributed by atoms with Crippen molar-refractivity contribution in [2.75, 3.05) is 13.2 Å². The Morgan fingerprint density at radius 3 is 2.15 bits per heavy atom. The second-order valence-corrected chi connectivity index (χ2v) is 2.68. The molecule has 8 N–H and O–H groups in total. The summed E-state index contributed by atoms with van der Waals surface area (Å²) in [5.41, 5.74) is 2.19. The number of hydrazine groups is 1. The highest BCUT2D eigenvalue weighted by Gasteiger charge is 2.29. The van der Waals surface area contributed by atoms with Gasteiger partial charge in [-0.15, -0.1) is 0 Å². The first-order chi connectivity index (χ1) is 6.54. The quantitative estimate of drug-likeness (QED) is 0.162. The Hall–Kier alpha value is -0.280. The van der Waals surface area contributed by atoms with Gasteiger partial charge in [0.15, 0.2) is 0 Å². The molecule has 0 unspecified atom stereocenters. The van der Waals surface area contributed by atoms with Gasteiger partial charge in [0.2, 0.25) is 0 Å². The molecule has 0 aromatic carbocycles. The van der Waals surface area contributed by atoms with Crippen molar-refractivity contribution in [3.05, 3.63) is 0 Å². The number of nitrogens with two attached hydrogens (primary N) is 1. The first kappa shape index (κ1) is 10.8. The summed E-state index contributed by atoms with van der Waals surface area (Å²) in [7, 11) is 0. The summed E-state index contributed by atoms with van der Waals surface area (Å²) in [6.07, 6.45) is -6.10. The van der Waals surface area contributed by atoms with Crippen LogP contribution in [0.1, 0.15) is 0 Å². The predicted molar refractivity (Wildman–Crippen MR) is 43.3 cm³/mol. The van der Waals surface area contributed by atoms with Crippen LogP contribution in [-0.2, 0) is 0 Å². The largest absolute Gasteiger partial charge is 0.394 e. The molecule has 0 amide bonds. The van der Waals surface area contributed by atoms with Gasteiger partial charge in [-0.05, 0) is 0 Å². The lowest BCUT2D eigenvalue weighted by molar-refractivity contribution is -0.113. The first-order valence-corrected chi connectivity index (χ1v) is 3.77. The average molecular weight is 197 g/mol. The molecule has 0 aromatic heterocycles. The van der Waals surface area contributed by atoms with E-state index in [1.54, 1.807) is 5.84 Å². The van der Waals surface area contributed by atoms with Crippen LogP contribution in [0.4, 0.5) is 0 Å². The zero-order valence-electron chi connectivity index (χ0n) is 7.96. The topological polar surface area (TPSA) is 139 Å². The normalized spacial score (nSPS) is 21.8. The van der Waals surface area contributed by atoms with E-state index in [1.807, 2.05) is 0 Å². The molecule has 4 atom stereocenters. The highest BCUT2D eigenvalue weighted by Crippen LogP contribution is 2.03. The number of rotatable bonds is 7. The predicted octanol–water partition coefficient (Wildman–Crippen LogP) is -4.11. The van der Waals surface area contributed by atoms with E-state index in [4.69, 9.17) is 16.7 Å². The summed E-state index contributed by atoms with van der Waals surface area (Å²) in [4.78, 5) is 0. The van der Waals surface area contributed by atoms with Crippen molar-refractivity contribution in [2.24, 2.45) is 5.84 Å². The maximum absolute atomic E-state index is 9.21. The minimum Gasteiger partial charge on any atom is -0.394 e. The lowest BCUT2D eigenvalue weighted by Gasteiger charge is -2.25. The third kappa shape index (κ3) is 3.96. The van der Waals surface area contributed by atoms with Crippen molar-refractivity contribution in [1.82, 2.24) is 5.43 Å². The molecule has 7 nitrogen and oxygen atoms in total. The van der Waals surface area contributed by atoms with E-state index in [2.05, 4.69) is 5.43 Å². The van der Waals surface area contributed by atoms with Gasteiger partial charge in [0.05, 0.1) is 12.7 Å². The molecular formula is C6H16N2O5. The lowest BCUT2D eigenvalue weighted by Crippen LogP contribution is -2.49. The smallest absolute Gasteiger partial charge is 0.137 e. The summed E-state index contributed by atoms with van der Waals surface area (Å²) in [6.45, 7) is -0.894. The van der Waals surface area contributed by atoms with Gasteiger partial charge in [-0.2, -0.15) is 0 Å². The van der Waals surface area contributed by atoms with Crippen molar-refractivity contribution in [3.63, 3.8) is 0 Å². The first-order valence-electron chi connectivity index (χ1n) is 4.27. The van der Waals surface area contributed by atoms with Gasteiger partial charge >= 0.3 is 0 Å². The Kier molecular flexibility index (Phi) is 5.16. The van der Waals surface area contributed by atoms with Crippen LogP contribution in [0.2, 0.25) is 1.41 Å². The number of aliphatic hydroxyl groups is 5. The summed E-state index contributed by atoms with van der Waals surface area (Å²) in [5, 5.41) is 44.9. The molecule has 13 heavy (non-hydrogen) atoms. The third-order valence-corrected chi connectivity index (χ3v) is 1.64. The molecule has 0 spiro atoms. The van der Waals surface area contributed by atoms with E-state index in [9.17, 15) is 10.2 Å². The van der Waals surface area contributed by atoms with Crippen LogP contribution in [0.3, 0.4) is 0 Å². The fourth-order valence-corrected chi connectivity index (χ4v) is 0.789. The molecule has 0 aliphatic carbocycles. The Balaban J connectivity index is 3.95. The highest BCUT2D eigenvalue weighted by atomic mass is 16.4. The Bertz CT molecular complexity index is 152. The maximum atomic E-state index is 9.21. The van der Waals surface area contributed by atoms with Crippen LogP contribution in [-0.4, -0.2) is 63.1 Å². The van der Waals surface area contributed by atoms with Crippen LogP contribution in [0, 0.1) is 0 Å². The van der Waals surface area contributed by atoms with Crippen LogP contribution < -0.4 is 11.3 Å². The molecular weight excluding hydrogens is 180 g/mol. The Morgan fingerprint density at radius 2 is 1.69 bits per heavy atom. The van der Waals surface area contributed by atoms with E-state index in [0.29, 0.717) is 0 Å². The molecule has 0 aromatic rings. The van der Waals surface area contributed by atoms with Crippen LogP contribution in [0.15, 0.2) is 0 Å². The molecule has 0 fully saturated rings. The van der Waals surface area contributed by atoms with Crippen molar-refractivity contribution in [3.8, 4) is 0 Å². The molecule has 0 rings (SSSR count). The van der Waals surface area contributed by atoms with Crippen molar-refractivity contribution in [2.45, 2.75) is 24.4 Å². The molecule has 7 heteroatoms. The Morgan fingerprint density at radius 1 is 1.15 bits per heavy atom. The highest BCUT2D eigenvalue weighted by molar-refractivity contribution is 4.80. The van der Waals surface area contributed by atoms with E-state index in [1.165, 1.54) is 0 Å². The fraction of sp³-hybridized carbons (Fsp3) is 1.00. The van der Waals surface area contributed by atoms with Gasteiger partial charge in [0.1, 0.15) is 19.7 Å². The summed E-state index contributed by atoms with van der Waals surface area (Å²) >= 11 is 0. The maximum Gasteiger partial charge on any atom is 0.137 e. The third-order valence-electron chi connectivity index (χ3n) is 1.64. The van der Waals surface area contributed by atoms with E-state index >= 15 is 0 Å². The number of hydrogen-bond donors (Lipinski definition) is 7. The average Bonchev–Trinajstić information content (AvgIpc) is 2.22. The van der Waals surface area contributed by atoms with Crippen LogP contribution in [0.5, 0.6) is 0 Å². The van der Waals surface area contributed by atoms with Crippen molar-refractivity contribution >= 4 is 0 Å². The summed E-state index contributed by atoms with van der Waals surface area (Å²) in [6, 6.07) is 0. The molecule has 0 saturated heterocycles. The van der Waals surface area contributed by atoms with E-state index in [0.717, 1.165) is 0 Å². The van der Waals surface area contributed by atoms with Crippen LogP contribution in [0.25, 0.3) is 0 Å². The standard InChI is InChI=1S/C6H16N2O5/c7-8-1-3(10)5(12)6(13)4(11)2-9/h3-6,8-13H,1-2,7H2/t3-,4+,5-,6+/m0/s1/i/hD. The molecule has 0 heterocycles. The SMILES string of the molecule is [2H]NNC[C@H](O)[C@H](O)[C@H](O)[C@H](O)CO. The van der Waals surface area contributed by atoms with Gasteiger partial charge < -0.3 is 25.5 Å². The molecule has 0 aliphatic heterocycles. The van der Waals surface area contributed by atoms with Crippen LogP contribution >= 0.6 is 0 Å². The molecule has 0 aliphatic rings. The molecule has 0 bridgehead atoms. The minimum absolute atomic E-state index is 0.181. The molecule has 80 valence electrons. The number of nitrogens with one attached hydrogen (secondary N) is 1. The fourth-order valence-electron chi connectivity index (χ4n) is 0.789. The minimum atomic E-state index is -1.64. The zero-order valence-corrected chi connectivity index (χ0v) is 6.96. The number of aliphatic hydroxyl groups excluding tert-OH is 5. The van der Waals surface area contributed by atoms with Gasteiger partial charge in [-0.25, -0.2) is 0 Å². The second kappa shape index (κ2) is 6.22. The van der Waals surface area contributed by atoms with Crippen molar-refractivity contribution < 1.29 is 26.9 Å². The van der Waals surface area contributed by atoms with E-state index in [-0.39, 0.29) is 6.54 Å². The summed E-state index contributed by atoms with van der Waals surface area (Å²) < 4.78 is 6.46. The van der Waals surface area contributed by atoms with E-state index < -0.39 is 31.0 Å². The molecule has 0 radical (unpaired) electrons.